The first-order valence-corrected chi connectivity index (χ1v) is 8.89. The maximum Gasteiger partial charge on any atom is 0.261 e. The Balaban J connectivity index is 1.40. The fourth-order valence-corrected chi connectivity index (χ4v) is 3.10. The van der Waals surface area contributed by atoms with Crippen molar-refractivity contribution < 1.29 is 19.1 Å². The lowest BCUT2D eigenvalue weighted by molar-refractivity contribution is 0.0624. The number of benzene rings is 3. The second-order valence-corrected chi connectivity index (χ2v) is 6.46. The first kappa shape index (κ1) is 17.7. The minimum atomic E-state index is -0.434. The molecular weight excluding hydrogens is 354 g/mol. The van der Waals surface area contributed by atoms with E-state index in [0.717, 1.165) is 10.5 Å². The molecule has 28 heavy (non-hydrogen) atoms. The molecule has 5 nitrogen and oxygen atoms in total. The van der Waals surface area contributed by atoms with Crippen molar-refractivity contribution in [2.24, 2.45) is 0 Å². The van der Waals surface area contributed by atoms with Gasteiger partial charge >= 0.3 is 0 Å². The SMILES string of the molecule is O=C(CN1C(=O)c2ccccc2C1=O)c1ccc(OCc2ccccc2)cc1. The van der Waals surface area contributed by atoms with Gasteiger partial charge in [0.25, 0.3) is 11.8 Å². The Morgan fingerprint density at radius 1 is 0.750 bits per heavy atom. The molecule has 2 amide bonds. The molecule has 0 saturated carbocycles. The van der Waals surface area contributed by atoms with Crippen LogP contribution >= 0.6 is 0 Å². The highest BCUT2D eigenvalue weighted by molar-refractivity contribution is 6.23. The third kappa shape index (κ3) is 3.42. The molecule has 0 unspecified atom stereocenters. The molecule has 4 rings (SSSR count). The fourth-order valence-electron chi connectivity index (χ4n) is 3.10. The summed E-state index contributed by atoms with van der Waals surface area (Å²) in [6, 6.07) is 23.1. The van der Waals surface area contributed by atoms with E-state index in [1.165, 1.54) is 0 Å². The van der Waals surface area contributed by atoms with Crippen molar-refractivity contribution >= 4 is 17.6 Å². The van der Waals surface area contributed by atoms with Crippen LogP contribution in [0, 0.1) is 0 Å². The van der Waals surface area contributed by atoms with Gasteiger partial charge in [-0.3, -0.25) is 19.3 Å². The van der Waals surface area contributed by atoms with Crippen LogP contribution in [0.2, 0.25) is 0 Å². The van der Waals surface area contributed by atoms with Crippen molar-refractivity contribution in [2.75, 3.05) is 6.54 Å². The molecule has 0 saturated heterocycles. The Morgan fingerprint density at radius 2 is 1.32 bits per heavy atom. The molecule has 1 aliphatic rings. The second-order valence-electron chi connectivity index (χ2n) is 6.46. The lowest BCUT2D eigenvalue weighted by Gasteiger charge is -2.13. The van der Waals surface area contributed by atoms with Crippen LogP contribution in [0.4, 0.5) is 0 Å². The maximum absolute atomic E-state index is 12.5. The summed E-state index contributed by atoms with van der Waals surface area (Å²) < 4.78 is 5.71. The van der Waals surface area contributed by atoms with Gasteiger partial charge in [0.05, 0.1) is 17.7 Å². The van der Waals surface area contributed by atoms with Crippen molar-refractivity contribution in [3.05, 3.63) is 101 Å². The lowest BCUT2D eigenvalue weighted by Crippen LogP contribution is -2.34. The summed E-state index contributed by atoms with van der Waals surface area (Å²) in [5.74, 6) is -0.529. The molecule has 0 aromatic heterocycles. The largest absolute Gasteiger partial charge is 0.489 e. The molecule has 0 atom stereocenters. The van der Waals surface area contributed by atoms with Gasteiger partial charge in [-0.25, -0.2) is 0 Å². The zero-order chi connectivity index (χ0) is 19.5. The zero-order valence-corrected chi connectivity index (χ0v) is 15.0. The second kappa shape index (κ2) is 7.48. The van der Waals surface area contributed by atoms with Crippen LogP contribution in [0.15, 0.2) is 78.9 Å². The van der Waals surface area contributed by atoms with Gasteiger partial charge in [-0.05, 0) is 42.0 Å². The van der Waals surface area contributed by atoms with Crippen molar-refractivity contribution in [3.63, 3.8) is 0 Å². The Labute approximate surface area is 162 Å². The van der Waals surface area contributed by atoms with Gasteiger partial charge < -0.3 is 4.74 Å². The quantitative estimate of drug-likeness (QED) is 0.489. The standard InChI is InChI=1S/C23H17NO4/c25-21(14-24-22(26)19-8-4-5-9-20(19)23(24)27)17-10-12-18(13-11-17)28-15-16-6-2-1-3-7-16/h1-13H,14-15H2. The van der Waals surface area contributed by atoms with E-state index in [9.17, 15) is 14.4 Å². The van der Waals surface area contributed by atoms with Crippen molar-refractivity contribution in [1.29, 1.82) is 0 Å². The predicted octanol–water partition coefficient (Wildman–Crippen LogP) is 3.74. The van der Waals surface area contributed by atoms with Gasteiger partial charge in [0, 0.05) is 5.56 Å². The molecule has 0 spiro atoms. The number of ether oxygens (including phenoxy) is 1. The number of hydrogen-bond donors (Lipinski definition) is 0. The van der Waals surface area contributed by atoms with Crippen LogP contribution in [-0.2, 0) is 6.61 Å². The van der Waals surface area contributed by atoms with Gasteiger partial charge in [0.2, 0.25) is 0 Å². The van der Waals surface area contributed by atoms with Crippen molar-refractivity contribution in [1.82, 2.24) is 4.90 Å². The number of imide groups is 1. The Hall–Kier alpha value is -3.73. The summed E-state index contributed by atoms with van der Waals surface area (Å²) in [6.45, 7) is 0.153. The first-order valence-electron chi connectivity index (χ1n) is 8.89. The number of nitrogens with zero attached hydrogens (tertiary/aromatic N) is 1. The van der Waals surface area contributed by atoms with Gasteiger partial charge in [-0.15, -0.1) is 0 Å². The van der Waals surface area contributed by atoms with Crippen LogP contribution < -0.4 is 4.74 Å². The number of fused-ring (bicyclic) bond motifs is 1. The number of hydrogen-bond acceptors (Lipinski definition) is 4. The molecule has 1 aliphatic heterocycles. The van der Waals surface area contributed by atoms with Crippen molar-refractivity contribution in [3.8, 4) is 5.75 Å². The molecule has 1 heterocycles. The highest BCUT2D eigenvalue weighted by atomic mass is 16.5. The van der Waals surface area contributed by atoms with E-state index >= 15 is 0 Å². The summed E-state index contributed by atoms with van der Waals surface area (Å²) in [4.78, 5) is 38.3. The van der Waals surface area contributed by atoms with E-state index in [-0.39, 0.29) is 12.3 Å². The van der Waals surface area contributed by atoms with Gasteiger partial charge in [0.1, 0.15) is 12.4 Å². The Bertz CT molecular complexity index is 1010. The molecule has 3 aromatic carbocycles. The number of rotatable bonds is 6. The summed E-state index contributed by atoms with van der Waals surface area (Å²) in [7, 11) is 0. The highest BCUT2D eigenvalue weighted by Crippen LogP contribution is 2.23. The lowest BCUT2D eigenvalue weighted by atomic mass is 10.1. The monoisotopic (exact) mass is 371 g/mol. The topological polar surface area (TPSA) is 63.7 Å². The third-order valence-electron chi connectivity index (χ3n) is 4.60. The minimum absolute atomic E-state index is 0.281. The number of carbonyl (C=O) groups is 3. The molecule has 5 heteroatoms. The number of ketones is 1. The molecule has 3 aromatic rings. The van der Waals surface area contributed by atoms with E-state index in [1.54, 1.807) is 48.5 Å². The average molecular weight is 371 g/mol. The highest BCUT2D eigenvalue weighted by Gasteiger charge is 2.36. The van der Waals surface area contributed by atoms with Gasteiger partial charge in [0.15, 0.2) is 5.78 Å². The molecule has 138 valence electrons. The average Bonchev–Trinajstić information content (AvgIpc) is 2.98. The van der Waals surface area contributed by atoms with E-state index in [1.807, 2.05) is 30.3 Å². The molecular formula is C23H17NO4. The molecule has 0 bridgehead atoms. The normalized spacial score (nSPS) is 12.8. The van der Waals surface area contributed by atoms with Crippen molar-refractivity contribution in [2.45, 2.75) is 6.61 Å². The zero-order valence-electron chi connectivity index (χ0n) is 15.0. The molecule has 0 fully saturated rings. The number of carbonyl (C=O) groups excluding carboxylic acids is 3. The first-order chi connectivity index (χ1) is 13.6. The van der Waals surface area contributed by atoms with E-state index < -0.39 is 11.8 Å². The van der Waals surface area contributed by atoms with Crippen LogP contribution in [-0.4, -0.2) is 29.0 Å². The smallest absolute Gasteiger partial charge is 0.261 e. The maximum atomic E-state index is 12.5. The minimum Gasteiger partial charge on any atom is -0.489 e. The third-order valence-corrected chi connectivity index (χ3v) is 4.60. The fraction of sp³-hybridized carbons (Fsp3) is 0.0870. The predicted molar refractivity (Wildman–Crippen MR) is 103 cm³/mol. The van der Waals surface area contributed by atoms with E-state index in [0.29, 0.717) is 29.0 Å². The summed E-state index contributed by atoms with van der Waals surface area (Å²) in [6.07, 6.45) is 0. The van der Waals surface area contributed by atoms with Crippen LogP contribution in [0.1, 0.15) is 36.6 Å². The Kier molecular flexibility index (Phi) is 4.72. The number of amides is 2. The summed E-state index contributed by atoms with van der Waals surface area (Å²) in [5, 5.41) is 0. The molecule has 0 N–H and O–H groups in total. The summed E-state index contributed by atoms with van der Waals surface area (Å²) >= 11 is 0. The summed E-state index contributed by atoms with van der Waals surface area (Å²) in [5.41, 5.74) is 2.15. The van der Waals surface area contributed by atoms with Crippen LogP contribution in [0.3, 0.4) is 0 Å². The number of Topliss-reactive ketones (excluding diaryl/α,β-unsaturated/α-hetero) is 1. The van der Waals surface area contributed by atoms with Gasteiger partial charge in [-0.2, -0.15) is 0 Å². The van der Waals surface area contributed by atoms with E-state index in [4.69, 9.17) is 4.74 Å². The van der Waals surface area contributed by atoms with Gasteiger partial charge in [-0.1, -0.05) is 42.5 Å². The van der Waals surface area contributed by atoms with Crippen LogP contribution in [0.5, 0.6) is 5.75 Å². The van der Waals surface area contributed by atoms with Crippen LogP contribution in [0.25, 0.3) is 0 Å². The van der Waals surface area contributed by atoms with E-state index in [2.05, 4.69) is 0 Å². The Morgan fingerprint density at radius 3 is 1.93 bits per heavy atom. The molecule has 0 aliphatic carbocycles. The molecule has 0 radical (unpaired) electrons.